The molecule has 1 amide bonds. The third-order valence-electron chi connectivity index (χ3n) is 6.37. The van der Waals surface area contributed by atoms with Crippen LogP contribution in [0.5, 0.6) is 0 Å². The first-order valence-corrected chi connectivity index (χ1v) is 14.3. The van der Waals surface area contributed by atoms with E-state index in [-0.39, 0.29) is 35.1 Å². The zero-order valence-corrected chi connectivity index (χ0v) is 22.3. The predicted molar refractivity (Wildman–Crippen MR) is 136 cm³/mol. The summed E-state index contributed by atoms with van der Waals surface area (Å²) in [6, 6.07) is 10.3. The fraction of sp³-hybridized carbons (Fsp3) is 0.385. The summed E-state index contributed by atoms with van der Waals surface area (Å²) < 4.78 is 62.5. The highest BCUT2D eigenvalue weighted by atomic mass is 32.2. The van der Waals surface area contributed by atoms with Gasteiger partial charge in [-0.25, -0.2) is 8.42 Å². The largest absolute Gasteiger partial charge is 0.416 e. The van der Waals surface area contributed by atoms with Gasteiger partial charge < -0.3 is 5.32 Å². The molecule has 3 aromatic rings. The Balaban J connectivity index is 1.41. The summed E-state index contributed by atoms with van der Waals surface area (Å²) in [6.07, 6.45) is -3.05. The Morgan fingerprint density at radius 3 is 2.46 bits per heavy atom. The molecule has 198 valence electrons. The van der Waals surface area contributed by atoms with Crippen molar-refractivity contribution in [2.75, 3.05) is 5.75 Å². The first-order chi connectivity index (χ1) is 17.4. The summed E-state index contributed by atoms with van der Waals surface area (Å²) in [5.41, 5.74) is 1.74. The number of carbonyl (C=O) groups is 1. The van der Waals surface area contributed by atoms with Crippen LogP contribution in [-0.4, -0.2) is 30.0 Å². The molecule has 1 aliphatic heterocycles. The number of alkyl halides is 3. The molecule has 0 unspecified atom stereocenters. The van der Waals surface area contributed by atoms with Crippen molar-refractivity contribution in [2.45, 2.75) is 57.5 Å². The molecule has 1 N–H and O–H groups in total. The lowest BCUT2D eigenvalue weighted by molar-refractivity contribution is -0.137. The Morgan fingerprint density at radius 2 is 1.89 bits per heavy atom. The van der Waals surface area contributed by atoms with E-state index in [1.165, 1.54) is 35.7 Å². The molecule has 0 saturated heterocycles. The second-order valence-corrected chi connectivity index (χ2v) is 12.7. The van der Waals surface area contributed by atoms with Gasteiger partial charge in [0.1, 0.15) is 0 Å². The van der Waals surface area contributed by atoms with Crippen LogP contribution in [0.15, 0.2) is 53.6 Å². The molecule has 1 aromatic carbocycles. The number of sulfone groups is 1. The standard InChI is InChI=1S/C26H28F3N3O3S2/c1-4-37(34,35)21-10-9-20(30-13-21)12-31-25(33)22-11-18-15-32(23(16(2)3)24(18)36-22)14-17-5-7-19(8-6-17)26(27,28)29/h5-11,13,16,23H,4,12,14-15H2,1-3H3,(H,31,33)/t23-/m0/s1. The van der Waals surface area contributed by atoms with Gasteiger partial charge in [0.05, 0.1) is 33.3 Å². The number of nitrogens with zero attached hydrogens (tertiary/aromatic N) is 2. The van der Waals surface area contributed by atoms with Gasteiger partial charge >= 0.3 is 6.18 Å². The predicted octanol–water partition coefficient (Wildman–Crippen LogP) is 5.60. The van der Waals surface area contributed by atoms with Crippen LogP contribution in [0.2, 0.25) is 0 Å². The minimum absolute atomic E-state index is 0.00700. The number of thiophene rings is 1. The minimum Gasteiger partial charge on any atom is -0.346 e. The minimum atomic E-state index is -4.36. The summed E-state index contributed by atoms with van der Waals surface area (Å²) in [6.45, 7) is 7.04. The van der Waals surface area contributed by atoms with E-state index in [1.54, 1.807) is 13.0 Å². The van der Waals surface area contributed by atoms with Crippen LogP contribution in [-0.2, 0) is 35.6 Å². The molecule has 0 aliphatic carbocycles. The van der Waals surface area contributed by atoms with Crippen LogP contribution in [0.25, 0.3) is 0 Å². The average Bonchev–Trinajstić information content (AvgIpc) is 3.40. The number of amides is 1. The molecule has 4 rings (SSSR count). The van der Waals surface area contributed by atoms with Crippen molar-refractivity contribution in [2.24, 2.45) is 5.92 Å². The Bertz CT molecular complexity index is 1370. The molecule has 0 radical (unpaired) electrons. The first kappa shape index (κ1) is 27.3. The zero-order valence-electron chi connectivity index (χ0n) is 20.7. The number of carbonyl (C=O) groups excluding carboxylic acids is 1. The highest BCUT2D eigenvalue weighted by molar-refractivity contribution is 7.91. The van der Waals surface area contributed by atoms with Gasteiger partial charge in [0.2, 0.25) is 0 Å². The van der Waals surface area contributed by atoms with E-state index < -0.39 is 21.6 Å². The maximum Gasteiger partial charge on any atom is 0.416 e. The van der Waals surface area contributed by atoms with Crippen molar-refractivity contribution >= 4 is 27.1 Å². The number of rotatable bonds is 8. The van der Waals surface area contributed by atoms with Crippen LogP contribution < -0.4 is 5.32 Å². The fourth-order valence-electron chi connectivity index (χ4n) is 4.45. The second kappa shape index (κ2) is 10.5. The van der Waals surface area contributed by atoms with Gasteiger partial charge in [-0.3, -0.25) is 14.7 Å². The number of hydrogen-bond acceptors (Lipinski definition) is 6. The lowest BCUT2D eigenvalue weighted by Gasteiger charge is -2.28. The maximum absolute atomic E-state index is 12.9. The van der Waals surface area contributed by atoms with Gasteiger partial charge in [0, 0.05) is 30.2 Å². The Hall–Kier alpha value is -2.76. The smallest absolute Gasteiger partial charge is 0.346 e. The molecule has 0 fully saturated rings. The molecule has 0 spiro atoms. The normalized spacial score (nSPS) is 16.2. The molecular formula is C26H28F3N3O3S2. The van der Waals surface area contributed by atoms with E-state index in [2.05, 4.69) is 29.0 Å². The van der Waals surface area contributed by atoms with Crippen LogP contribution in [0.1, 0.15) is 63.7 Å². The Labute approximate surface area is 218 Å². The number of fused-ring (bicyclic) bond motifs is 1. The summed E-state index contributed by atoms with van der Waals surface area (Å²) in [5, 5.41) is 2.84. The molecule has 1 atom stereocenters. The van der Waals surface area contributed by atoms with E-state index >= 15 is 0 Å². The highest BCUT2D eigenvalue weighted by Gasteiger charge is 2.35. The molecule has 2 aromatic heterocycles. The van der Waals surface area contributed by atoms with Gasteiger partial charge in [-0.15, -0.1) is 11.3 Å². The van der Waals surface area contributed by atoms with Crippen molar-refractivity contribution in [3.05, 3.63) is 80.8 Å². The van der Waals surface area contributed by atoms with Gasteiger partial charge in [0.25, 0.3) is 5.91 Å². The van der Waals surface area contributed by atoms with Crippen LogP contribution in [0.3, 0.4) is 0 Å². The van der Waals surface area contributed by atoms with Gasteiger partial charge in [-0.05, 0) is 47.4 Å². The molecule has 0 bridgehead atoms. The van der Waals surface area contributed by atoms with Crippen molar-refractivity contribution in [1.82, 2.24) is 15.2 Å². The molecule has 1 aliphatic rings. The molecular weight excluding hydrogens is 523 g/mol. The second-order valence-electron chi connectivity index (χ2n) is 9.36. The molecule has 37 heavy (non-hydrogen) atoms. The summed E-state index contributed by atoms with van der Waals surface area (Å²) >= 11 is 1.43. The van der Waals surface area contributed by atoms with E-state index in [9.17, 15) is 26.4 Å². The summed E-state index contributed by atoms with van der Waals surface area (Å²) in [5.74, 6) is 0.00284. The van der Waals surface area contributed by atoms with E-state index in [0.717, 1.165) is 28.1 Å². The quantitative estimate of drug-likeness (QED) is 0.394. The summed E-state index contributed by atoms with van der Waals surface area (Å²) in [4.78, 5) is 21.0. The molecule has 11 heteroatoms. The summed E-state index contributed by atoms with van der Waals surface area (Å²) in [7, 11) is -3.33. The SMILES string of the molecule is CCS(=O)(=O)c1ccc(CNC(=O)c2cc3c(s2)[C@H](C(C)C)N(Cc2ccc(C(F)(F)F)cc2)C3)nc1. The molecule has 0 saturated carbocycles. The van der Waals surface area contributed by atoms with Crippen LogP contribution in [0, 0.1) is 5.92 Å². The van der Waals surface area contributed by atoms with Crippen LogP contribution in [0.4, 0.5) is 13.2 Å². The Kier molecular flexibility index (Phi) is 7.77. The van der Waals surface area contributed by atoms with Gasteiger partial charge in [-0.2, -0.15) is 13.2 Å². The van der Waals surface area contributed by atoms with Crippen LogP contribution >= 0.6 is 11.3 Å². The van der Waals surface area contributed by atoms with Crippen molar-refractivity contribution in [3.63, 3.8) is 0 Å². The third kappa shape index (κ3) is 6.05. The lowest BCUT2D eigenvalue weighted by atomic mass is 10.0. The van der Waals surface area contributed by atoms with E-state index in [0.29, 0.717) is 23.7 Å². The van der Waals surface area contributed by atoms with Crippen molar-refractivity contribution in [3.8, 4) is 0 Å². The number of hydrogen-bond donors (Lipinski definition) is 1. The highest BCUT2D eigenvalue weighted by Crippen LogP contribution is 2.44. The molecule has 3 heterocycles. The number of nitrogens with one attached hydrogen (secondary N) is 1. The van der Waals surface area contributed by atoms with E-state index in [4.69, 9.17) is 0 Å². The average molecular weight is 552 g/mol. The first-order valence-electron chi connectivity index (χ1n) is 11.9. The monoisotopic (exact) mass is 551 g/mol. The van der Waals surface area contributed by atoms with E-state index in [1.807, 2.05) is 6.07 Å². The maximum atomic E-state index is 12.9. The van der Waals surface area contributed by atoms with Crippen molar-refractivity contribution < 1.29 is 26.4 Å². The molecule has 6 nitrogen and oxygen atoms in total. The number of aromatic nitrogens is 1. The number of pyridine rings is 1. The third-order valence-corrected chi connectivity index (χ3v) is 9.33. The van der Waals surface area contributed by atoms with Crippen molar-refractivity contribution in [1.29, 1.82) is 0 Å². The topological polar surface area (TPSA) is 79.4 Å². The zero-order chi connectivity index (χ0) is 27.0. The lowest BCUT2D eigenvalue weighted by Crippen LogP contribution is -2.26. The van der Waals surface area contributed by atoms with Gasteiger partial charge in [-0.1, -0.05) is 32.9 Å². The Morgan fingerprint density at radius 1 is 1.19 bits per heavy atom. The number of halogens is 3. The fourth-order valence-corrected chi connectivity index (χ4v) is 6.67. The van der Waals surface area contributed by atoms with Gasteiger partial charge in [0.15, 0.2) is 9.84 Å². The number of benzene rings is 1.